The Balaban J connectivity index is 1.85. The zero-order valence-corrected chi connectivity index (χ0v) is 19.1. The lowest BCUT2D eigenvalue weighted by Gasteiger charge is -2.11. The molecule has 0 amide bonds. The maximum absolute atomic E-state index is 12.4. The second-order valence-corrected chi connectivity index (χ2v) is 9.37. The van der Waals surface area contributed by atoms with Crippen LogP contribution in [-0.4, -0.2) is 26.7 Å². The number of hydrogen-bond donors (Lipinski definition) is 4. The number of nitrogens with zero attached hydrogens (tertiary/aromatic N) is 2. The number of halogens is 1. The van der Waals surface area contributed by atoms with Crippen LogP contribution in [-0.2, 0) is 18.1 Å². The van der Waals surface area contributed by atoms with E-state index in [0.29, 0.717) is 21.2 Å². The van der Waals surface area contributed by atoms with E-state index < -0.39 is 5.97 Å². The molecule has 1 saturated carbocycles. The number of thioether (sulfide) groups is 1. The first-order valence-corrected chi connectivity index (χ1v) is 11.8. The average molecular weight is 503 g/mol. The van der Waals surface area contributed by atoms with E-state index in [1.54, 1.807) is 17.8 Å². The van der Waals surface area contributed by atoms with Gasteiger partial charge in [-0.25, -0.2) is 9.79 Å². The summed E-state index contributed by atoms with van der Waals surface area (Å²) in [6.07, 6.45) is 2.00. The van der Waals surface area contributed by atoms with E-state index in [-0.39, 0.29) is 29.9 Å². The minimum absolute atomic E-state index is 0.00430. The number of rotatable bonds is 8. The van der Waals surface area contributed by atoms with Gasteiger partial charge in [0.2, 0.25) is 0 Å². The van der Waals surface area contributed by atoms with Gasteiger partial charge in [0.05, 0.1) is 22.1 Å². The molecule has 3 aromatic rings. The molecule has 0 atom stereocenters. The summed E-state index contributed by atoms with van der Waals surface area (Å²) in [5.74, 6) is 0.137. The van der Waals surface area contributed by atoms with Gasteiger partial charge in [-0.05, 0) is 40.4 Å². The summed E-state index contributed by atoms with van der Waals surface area (Å²) < 4.78 is 2.61. The van der Waals surface area contributed by atoms with Crippen LogP contribution in [0.4, 0.5) is 0 Å². The van der Waals surface area contributed by atoms with Crippen molar-refractivity contribution in [1.82, 2.24) is 4.57 Å². The van der Waals surface area contributed by atoms with Crippen molar-refractivity contribution in [2.24, 2.45) is 16.5 Å². The monoisotopic (exact) mass is 502 g/mol. The van der Waals surface area contributed by atoms with Crippen molar-refractivity contribution in [2.75, 3.05) is 0 Å². The highest BCUT2D eigenvalue weighted by molar-refractivity contribution is 9.10. The molecule has 0 unspecified atom stereocenters. The van der Waals surface area contributed by atoms with Crippen molar-refractivity contribution in [3.63, 3.8) is 0 Å². The third-order valence-corrected chi connectivity index (χ3v) is 6.94. The smallest absolute Gasteiger partial charge is 0.338 e. The number of aromatic hydroxyl groups is 1. The summed E-state index contributed by atoms with van der Waals surface area (Å²) in [4.78, 5) is 16.4. The summed E-state index contributed by atoms with van der Waals surface area (Å²) in [5, 5.41) is 21.3. The highest BCUT2D eigenvalue weighted by atomic mass is 79.9. The van der Waals surface area contributed by atoms with Crippen LogP contribution in [0.2, 0.25) is 0 Å². The van der Waals surface area contributed by atoms with Crippen molar-refractivity contribution >= 4 is 50.5 Å². The first-order chi connectivity index (χ1) is 14.9. The Morgan fingerprint density at radius 3 is 2.55 bits per heavy atom. The molecular formula is C22H23BrN4O3S. The Hall–Kier alpha value is -2.65. The van der Waals surface area contributed by atoms with Crippen LogP contribution in [0.1, 0.15) is 46.1 Å². The molecular weight excluding hydrogens is 480 g/mol. The molecule has 0 bridgehead atoms. The Labute approximate surface area is 192 Å². The van der Waals surface area contributed by atoms with E-state index in [4.69, 9.17) is 11.5 Å². The van der Waals surface area contributed by atoms with E-state index in [1.807, 2.05) is 18.2 Å². The van der Waals surface area contributed by atoms with Crippen molar-refractivity contribution in [1.29, 1.82) is 0 Å². The fourth-order valence-electron chi connectivity index (χ4n) is 3.84. The van der Waals surface area contributed by atoms with Crippen LogP contribution in [0.5, 0.6) is 5.75 Å². The number of nitrogens with two attached hydrogens (primary N) is 2. The first-order valence-electron chi connectivity index (χ1n) is 9.86. The number of phenolic OH excluding ortho intramolecular Hbond substituents is 1. The Morgan fingerprint density at radius 2 is 1.94 bits per heavy atom. The van der Waals surface area contributed by atoms with Crippen molar-refractivity contribution < 1.29 is 15.0 Å². The van der Waals surface area contributed by atoms with Gasteiger partial charge in [0.15, 0.2) is 5.96 Å². The standard InChI is InChI=1S/C22H23BrN4O3S/c23-15-8-16-18(14(20(15)28)9-26-22(24)25)19(21(29)30)17(27(16)13-6-7-13)11-31-10-12-4-2-1-3-5-12/h1-5,8,13,28H,6-7,9-11H2,(H,29,30)(H4,24,25,26). The molecule has 9 heteroatoms. The van der Waals surface area contributed by atoms with Gasteiger partial charge >= 0.3 is 5.97 Å². The highest BCUT2D eigenvalue weighted by Gasteiger charge is 2.33. The maximum atomic E-state index is 12.4. The molecule has 2 aromatic carbocycles. The normalized spacial score (nSPS) is 13.5. The number of benzene rings is 2. The number of aromatic nitrogens is 1. The topological polar surface area (TPSA) is 127 Å². The molecule has 7 nitrogen and oxygen atoms in total. The molecule has 0 saturated heterocycles. The van der Waals surface area contributed by atoms with E-state index in [9.17, 15) is 15.0 Å². The van der Waals surface area contributed by atoms with Gasteiger partial charge in [0.25, 0.3) is 0 Å². The molecule has 4 rings (SSSR count). The van der Waals surface area contributed by atoms with Gasteiger partial charge in [0.1, 0.15) is 5.75 Å². The van der Waals surface area contributed by atoms with E-state index in [2.05, 4.69) is 37.6 Å². The number of fused-ring (bicyclic) bond motifs is 1. The Bertz CT molecular complexity index is 1170. The minimum Gasteiger partial charge on any atom is -0.506 e. The van der Waals surface area contributed by atoms with E-state index >= 15 is 0 Å². The second kappa shape index (κ2) is 8.84. The minimum atomic E-state index is -1.02. The zero-order chi connectivity index (χ0) is 22.1. The zero-order valence-electron chi connectivity index (χ0n) is 16.7. The molecule has 0 spiro atoms. The first kappa shape index (κ1) is 21.6. The largest absolute Gasteiger partial charge is 0.506 e. The molecule has 6 N–H and O–H groups in total. The number of phenols is 1. The highest BCUT2D eigenvalue weighted by Crippen LogP contribution is 2.46. The van der Waals surface area contributed by atoms with Gasteiger partial charge in [-0.15, -0.1) is 0 Å². The van der Waals surface area contributed by atoms with Crippen LogP contribution in [0.3, 0.4) is 0 Å². The molecule has 0 radical (unpaired) electrons. The number of carbonyl (C=O) groups is 1. The third-order valence-electron chi connectivity index (χ3n) is 5.32. The third kappa shape index (κ3) is 4.38. The van der Waals surface area contributed by atoms with Crippen LogP contribution in [0, 0.1) is 0 Å². The average Bonchev–Trinajstić information content (AvgIpc) is 3.51. The van der Waals surface area contributed by atoms with Crippen LogP contribution in [0.15, 0.2) is 45.9 Å². The fourth-order valence-corrected chi connectivity index (χ4v) is 5.31. The molecule has 1 aliphatic rings. The number of carboxylic acid groups (broad SMARTS) is 1. The number of hydrogen-bond acceptors (Lipinski definition) is 4. The Morgan fingerprint density at radius 1 is 1.23 bits per heavy atom. The van der Waals surface area contributed by atoms with Gasteiger partial charge in [-0.1, -0.05) is 30.3 Å². The van der Waals surface area contributed by atoms with Gasteiger partial charge < -0.3 is 26.2 Å². The number of guanidine groups is 1. The Kier molecular flexibility index (Phi) is 6.15. The molecule has 31 heavy (non-hydrogen) atoms. The summed E-state index contributed by atoms with van der Waals surface area (Å²) >= 11 is 5.08. The second-order valence-electron chi connectivity index (χ2n) is 7.53. The fraction of sp³-hybridized carbons (Fsp3) is 0.273. The van der Waals surface area contributed by atoms with Crippen molar-refractivity contribution in [3.8, 4) is 5.75 Å². The summed E-state index contributed by atoms with van der Waals surface area (Å²) in [5.41, 5.74) is 14.3. The van der Waals surface area contributed by atoms with Gasteiger partial charge in [-0.2, -0.15) is 11.8 Å². The SMILES string of the molecule is NC(N)=NCc1c(O)c(Br)cc2c1c(C(=O)O)c(CSCc1ccccc1)n2C1CC1. The predicted octanol–water partition coefficient (Wildman–Crippen LogP) is 4.35. The van der Waals surface area contributed by atoms with Crippen molar-refractivity contribution in [2.45, 2.75) is 36.9 Å². The lowest BCUT2D eigenvalue weighted by Crippen LogP contribution is -2.22. The quantitative estimate of drug-likeness (QED) is 0.268. The molecule has 162 valence electrons. The van der Waals surface area contributed by atoms with E-state index in [1.165, 1.54) is 5.56 Å². The summed E-state index contributed by atoms with van der Waals surface area (Å²) in [6.45, 7) is -0.00430. The van der Waals surface area contributed by atoms with Crippen LogP contribution in [0.25, 0.3) is 10.9 Å². The number of aromatic carboxylic acids is 1. The van der Waals surface area contributed by atoms with Crippen LogP contribution < -0.4 is 11.5 Å². The maximum Gasteiger partial charge on any atom is 0.338 e. The number of carboxylic acids is 1. The molecule has 1 fully saturated rings. The van der Waals surface area contributed by atoms with E-state index in [0.717, 1.165) is 29.8 Å². The van der Waals surface area contributed by atoms with Gasteiger partial charge in [0, 0.05) is 34.2 Å². The molecule has 1 aromatic heterocycles. The summed E-state index contributed by atoms with van der Waals surface area (Å²) in [7, 11) is 0. The molecule has 1 heterocycles. The number of aliphatic imine (C=N–C) groups is 1. The lowest BCUT2D eigenvalue weighted by molar-refractivity contribution is 0.0698. The molecule has 0 aliphatic heterocycles. The van der Waals surface area contributed by atoms with Gasteiger partial charge in [-0.3, -0.25) is 0 Å². The summed E-state index contributed by atoms with van der Waals surface area (Å²) in [6, 6.07) is 12.1. The predicted molar refractivity (Wildman–Crippen MR) is 127 cm³/mol. The van der Waals surface area contributed by atoms with Crippen LogP contribution >= 0.6 is 27.7 Å². The van der Waals surface area contributed by atoms with Crippen molar-refractivity contribution in [3.05, 3.63) is 63.3 Å². The lowest BCUT2D eigenvalue weighted by atomic mass is 10.0. The molecule has 1 aliphatic carbocycles.